The zero-order valence-electron chi connectivity index (χ0n) is 8.31. The standard InChI is InChI=1S/C10H21ClS/c1-3-10(2)12-9-7-5-4-6-8-11/h10H,3-9H2,1-2H3. The van der Waals surface area contributed by atoms with Gasteiger partial charge < -0.3 is 0 Å². The summed E-state index contributed by atoms with van der Waals surface area (Å²) in [6.45, 7) is 4.56. The normalized spacial score (nSPS) is 13.2. The molecule has 0 heterocycles. The molecule has 0 aromatic rings. The summed E-state index contributed by atoms with van der Waals surface area (Å²) in [4.78, 5) is 0. The lowest BCUT2D eigenvalue weighted by Gasteiger charge is -2.06. The van der Waals surface area contributed by atoms with Crippen molar-refractivity contribution >= 4 is 23.4 Å². The molecule has 0 spiro atoms. The summed E-state index contributed by atoms with van der Waals surface area (Å²) in [5.74, 6) is 2.16. The molecule has 0 aromatic heterocycles. The zero-order chi connectivity index (χ0) is 9.23. The Hall–Kier alpha value is 0.640. The minimum Gasteiger partial charge on any atom is -0.159 e. The second-order valence-electron chi connectivity index (χ2n) is 3.19. The second kappa shape index (κ2) is 9.73. The first-order valence-corrected chi connectivity index (χ1v) is 6.57. The fourth-order valence-electron chi connectivity index (χ4n) is 0.952. The van der Waals surface area contributed by atoms with Crippen molar-refractivity contribution in [3.05, 3.63) is 0 Å². The van der Waals surface area contributed by atoms with E-state index in [1.165, 1.54) is 37.9 Å². The Bertz CT molecular complexity index is 85.9. The lowest BCUT2D eigenvalue weighted by molar-refractivity contribution is 0.708. The molecular weight excluding hydrogens is 188 g/mol. The highest BCUT2D eigenvalue weighted by Gasteiger charge is 1.97. The summed E-state index contributed by atoms with van der Waals surface area (Å²) in [6, 6.07) is 0. The van der Waals surface area contributed by atoms with Crippen LogP contribution in [-0.2, 0) is 0 Å². The zero-order valence-corrected chi connectivity index (χ0v) is 9.89. The Kier molecular flexibility index (Phi) is 10.2. The van der Waals surface area contributed by atoms with Crippen LogP contribution in [0.3, 0.4) is 0 Å². The van der Waals surface area contributed by atoms with Crippen LogP contribution < -0.4 is 0 Å². The maximum atomic E-state index is 5.58. The minimum absolute atomic E-state index is 0.832. The fraction of sp³-hybridized carbons (Fsp3) is 1.00. The van der Waals surface area contributed by atoms with Gasteiger partial charge >= 0.3 is 0 Å². The van der Waals surface area contributed by atoms with Gasteiger partial charge in [-0.05, 0) is 25.0 Å². The number of rotatable bonds is 8. The van der Waals surface area contributed by atoms with Crippen molar-refractivity contribution in [3.8, 4) is 0 Å². The van der Waals surface area contributed by atoms with Gasteiger partial charge in [0.05, 0.1) is 0 Å². The van der Waals surface area contributed by atoms with Crippen LogP contribution in [0.1, 0.15) is 46.0 Å². The van der Waals surface area contributed by atoms with Crippen LogP contribution in [0.15, 0.2) is 0 Å². The Morgan fingerprint density at radius 1 is 1.17 bits per heavy atom. The summed E-state index contributed by atoms with van der Waals surface area (Å²) in [6.07, 6.45) is 6.52. The monoisotopic (exact) mass is 208 g/mol. The number of alkyl halides is 1. The average molecular weight is 209 g/mol. The molecule has 0 aliphatic rings. The average Bonchev–Trinajstić information content (AvgIpc) is 2.10. The molecule has 0 radical (unpaired) electrons. The molecule has 0 aliphatic heterocycles. The van der Waals surface area contributed by atoms with Crippen LogP contribution in [0.5, 0.6) is 0 Å². The summed E-state index contributed by atoms with van der Waals surface area (Å²) in [5.41, 5.74) is 0. The van der Waals surface area contributed by atoms with Gasteiger partial charge in [-0.15, -0.1) is 11.6 Å². The van der Waals surface area contributed by atoms with Crippen molar-refractivity contribution in [1.82, 2.24) is 0 Å². The van der Waals surface area contributed by atoms with E-state index in [9.17, 15) is 0 Å². The van der Waals surface area contributed by atoms with Crippen molar-refractivity contribution < 1.29 is 0 Å². The second-order valence-corrected chi connectivity index (χ2v) is 5.12. The van der Waals surface area contributed by atoms with E-state index in [0.717, 1.165) is 11.1 Å². The number of hydrogen-bond donors (Lipinski definition) is 0. The summed E-state index contributed by atoms with van der Waals surface area (Å²) in [5, 5.41) is 0.845. The first-order chi connectivity index (χ1) is 5.81. The predicted molar refractivity (Wildman–Crippen MR) is 61.4 cm³/mol. The van der Waals surface area contributed by atoms with Gasteiger partial charge in [-0.2, -0.15) is 11.8 Å². The van der Waals surface area contributed by atoms with Crippen molar-refractivity contribution in [2.24, 2.45) is 0 Å². The Morgan fingerprint density at radius 2 is 1.83 bits per heavy atom. The molecule has 0 N–H and O–H groups in total. The molecule has 74 valence electrons. The lowest BCUT2D eigenvalue weighted by atomic mass is 10.2. The summed E-state index contributed by atoms with van der Waals surface area (Å²) in [7, 11) is 0. The van der Waals surface area contributed by atoms with Gasteiger partial charge in [-0.1, -0.05) is 26.7 Å². The van der Waals surface area contributed by atoms with Crippen molar-refractivity contribution in [2.75, 3.05) is 11.6 Å². The highest BCUT2D eigenvalue weighted by Crippen LogP contribution is 2.15. The molecule has 2 heteroatoms. The van der Waals surface area contributed by atoms with E-state index < -0.39 is 0 Å². The van der Waals surface area contributed by atoms with Crippen LogP contribution in [0.2, 0.25) is 0 Å². The molecule has 1 unspecified atom stereocenters. The van der Waals surface area contributed by atoms with Crippen LogP contribution >= 0.6 is 23.4 Å². The van der Waals surface area contributed by atoms with Crippen LogP contribution in [-0.4, -0.2) is 16.9 Å². The third-order valence-corrected chi connectivity index (χ3v) is 3.70. The Balaban J connectivity index is 2.90. The maximum absolute atomic E-state index is 5.58. The molecule has 0 saturated carbocycles. The highest BCUT2D eigenvalue weighted by atomic mass is 35.5. The van der Waals surface area contributed by atoms with Crippen molar-refractivity contribution in [1.29, 1.82) is 0 Å². The molecule has 0 fully saturated rings. The molecule has 0 amide bonds. The van der Waals surface area contributed by atoms with Crippen LogP contribution in [0.25, 0.3) is 0 Å². The Morgan fingerprint density at radius 3 is 2.42 bits per heavy atom. The van der Waals surface area contributed by atoms with Gasteiger partial charge in [0.25, 0.3) is 0 Å². The molecule has 1 atom stereocenters. The molecule has 0 aliphatic carbocycles. The third-order valence-electron chi connectivity index (χ3n) is 2.01. The smallest absolute Gasteiger partial charge is 0.0223 e. The topological polar surface area (TPSA) is 0 Å². The minimum atomic E-state index is 0.832. The van der Waals surface area contributed by atoms with E-state index in [-0.39, 0.29) is 0 Å². The maximum Gasteiger partial charge on any atom is 0.0223 e. The van der Waals surface area contributed by atoms with Gasteiger partial charge in [0.1, 0.15) is 0 Å². The van der Waals surface area contributed by atoms with E-state index in [1.54, 1.807) is 0 Å². The molecular formula is C10H21ClS. The van der Waals surface area contributed by atoms with Crippen LogP contribution in [0.4, 0.5) is 0 Å². The van der Waals surface area contributed by atoms with Gasteiger partial charge in [-0.3, -0.25) is 0 Å². The molecule has 0 saturated heterocycles. The van der Waals surface area contributed by atoms with Crippen molar-refractivity contribution in [3.63, 3.8) is 0 Å². The van der Waals surface area contributed by atoms with E-state index in [1.807, 2.05) is 0 Å². The highest BCUT2D eigenvalue weighted by molar-refractivity contribution is 7.99. The quantitative estimate of drug-likeness (QED) is 0.423. The summed E-state index contributed by atoms with van der Waals surface area (Å²) >= 11 is 7.68. The van der Waals surface area contributed by atoms with E-state index >= 15 is 0 Å². The van der Waals surface area contributed by atoms with Crippen molar-refractivity contribution in [2.45, 2.75) is 51.2 Å². The number of thioether (sulfide) groups is 1. The fourth-order valence-corrected chi connectivity index (χ4v) is 2.15. The third kappa shape index (κ3) is 8.73. The first kappa shape index (κ1) is 12.6. The van der Waals surface area contributed by atoms with Gasteiger partial charge in [0, 0.05) is 11.1 Å². The van der Waals surface area contributed by atoms with Gasteiger partial charge in [-0.25, -0.2) is 0 Å². The number of unbranched alkanes of at least 4 members (excludes halogenated alkanes) is 3. The largest absolute Gasteiger partial charge is 0.159 e. The molecule has 0 rings (SSSR count). The molecule has 12 heavy (non-hydrogen) atoms. The number of hydrogen-bond acceptors (Lipinski definition) is 1. The predicted octanol–water partition coefficient (Wildman–Crippen LogP) is 4.32. The van der Waals surface area contributed by atoms with E-state index in [2.05, 4.69) is 25.6 Å². The van der Waals surface area contributed by atoms with E-state index in [0.29, 0.717) is 0 Å². The molecule has 0 nitrogen and oxygen atoms in total. The lowest BCUT2D eigenvalue weighted by Crippen LogP contribution is -1.94. The van der Waals surface area contributed by atoms with Gasteiger partial charge in [0.15, 0.2) is 0 Å². The Labute approximate surface area is 86.5 Å². The molecule has 0 bridgehead atoms. The van der Waals surface area contributed by atoms with Gasteiger partial charge in [0.2, 0.25) is 0 Å². The summed E-state index contributed by atoms with van der Waals surface area (Å²) < 4.78 is 0. The van der Waals surface area contributed by atoms with Crippen LogP contribution in [0, 0.1) is 0 Å². The molecule has 0 aromatic carbocycles. The number of halogens is 1. The SMILES string of the molecule is CCC(C)SCCCCCCCl. The van der Waals surface area contributed by atoms with E-state index in [4.69, 9.17) is 11.6 Å². The first-order valence-electron chi connectivity index (χ1n) is 4.98.